The maximum Gasteiger partial charge on any atom is 0.271 e. The summed E-state index contributed by atoms with van der Waals surface area (Å²) in [7, 11) is 1.48. The summed E-state index contributed by atoms with van der Waals surface area (Å²) in [4.78, 5) is 12.2. The topological polar surface area (TPSA) is 78.4 Å². The van der Waals surface area contributed by atoms with Crippen LogP contribution in [0.4, 0.5) is 0 Å². The lowest BCUT2D eigenvalue weighted by molar-refractivity contribution is 0.0954. The van der Waals surface area contributed by atoms with Crippen LogP contribution in [0.5, 0.6) is 23.0 Å². The number of halogens is 1. The van der Waals surface area contributed by atoms with Crippen molar-refractivity contribution in [2.75, 3.05) is 20.5 Å². The summed E-state index contributed by atoms with van der Waals surface area (Å²) in [5.41, 5.74) is 3.44. The number of terminal acetylenes is 1. The van der Waals surface area contributed by atoms with Gasteiger partial charge in [0, 0.05) is 5.56 Å². The van der Waals surface area contributed by atoms with Gasteiger partial charge < -0.3 is 18.9 Å². The van der Waals surface area contributed by atoms with Crippen LogP contribution in [0.15, 0.2) is 35.4 Å². The van der Waals surface area contributed by atoms with Crippen LogP contribution in [0.1, 0.15) is 15.9 Å². The largest absolute Gasteiger partial charge is 0.493 e. The summed E-state index contributed by atoms with van der Waals surface area (Å²) in [6.45, 7) is 0.206. The molecule has 3 rings (SSSR count). The Morgan fingerprint density at radius 2 is 2.19 bits per heavy atom. The fourth-order valence-electron chi connectivity index (χ4n) is 2.34. The number of carbonyl (C=O) groups excluding carboxylic acids is 1. The summed E-state index contributed by atoms with van der Waals surface area (Å²) in [6.07, 6.45) is 6.62. The van der Waals surface area contributed by atoms with Crippen LogP contribution >= 0.6 is 11.6 Å². The van der Waals surface area contributed by atoms with Gasteiger partial charge in [-0.2, -0.15) is 5.10 Å². The number of amides is 1. The molecule has 0 aromatic heterocycles. The number of hydrogen-bond acceptors (Lipinski definition) is 6. The van der Waals surface area contributed by atoms with Gasteiger partial charge in [-0.05, 0) is 35.9 Å². The van der Waals surface area contributed by atoms with Crippen LogP contribution in [0.2, 0.25) is 5.02 Å². The summed E-state index contributed by atoms with van der Waals surface area (Å²) >= 11 is 6.19. The Morgan fingerprint density at radius 1 is 1.37 bits per heavy atom. The summed E-state index contributed by atoms with van der Waals surface area (Å²) in [5.74, 6) is 3.84. The molecule has 8 heteroatoms. The number of ether oxygens (including phenoxy) is 4. The van der Waals surface area contributed by atoms with Crippen molar-refractivity contribution < 1.29 is 23.7 Å². The molecule has 0 saturated carbocycles. The second kappa shape index (κ2) is 8.34. The molecule has 1 aliphatic rings. The van der Waals surface area contributed by atoms with E-state index in [2.05, 4.69) is 16.4 Å². The first kappa shape index (κ1) is 18.4. The molecule has 2 aromatic rings. The average molecular weight is 387 g/mol. The molecular formula is C19H15ClN2O5. The van der Waals surface area contributed by atoms with E-state index in [0.717, 1.165) is 0 Å². The number of methoxy groups -OCH3 is 1. The van der Waals surface area contributed by atoms with E-state index in [1.54, 1.807) is 30.3 Å². The van der Waals surface area contributed by atoms with Crippen LogP contribution < -0.4 is 24.4 Å². The summed E-state index contributed by atoms with van der Waals surface area (Å²) in [5, 5.41) is 4.25. The van der Waals surface area contributed by atoms with Gasteiger partial charge >= 0.3 is 0 Å². The highest BCUT2D eigenvalue weighted by Crippen LogP contribution is 2.36. The predicted octanol–water partition coefficient (Wildman–Crippen LogP) is 2.85. The maximum atomic E-state index is 12.2. The number of hydrazone groups is 1. The Balaban J connectivity index is 1.69. The van der Waals surface area contributed by atoms with Crippen molar-refractivity contribution >= 4 is 23.7 Å². The second-order valence-electron chi connectivity index (χ2n) is 5.29. The fraction of sp³-hybridized carbons (Fsp3) is 0.158. The molecular weight excluding hydrogens is 372 g/mol. The van der Waals surface area contributed by atoms with E-state index in [9.17, 15) is 4.79 Å². The highest BCUT2D eigenvalue weighted by Gasteiger charge is 2.16. The molecule has 0 atom stereocenters. The molecule has 0 bridgehead atoms. The van der Waals surface area contributed by atoms with Crippen molar-refractivity contribution in [1.82, 2.24) is 5.43 Å². The molecule has 138 valence electrons. The highest BCUT2D eigenvalue weighted by atomic mass is 35.5. The molecule has 0 aliphatic carbocycles. The third-order valence-corrected chi connectivity index (χ3v) is 3.85. The van der Waals surface area contributed by atoms with E-state index < -0.39 is 5.91 Å². The van der Waals surface area contributed by atoms with Gasteiger partial charge in [-0.3, -0.25) is 4.79 Å². The third-order valence-electron chi connectivity index (χ3n) is 3.57. The first-order valence-electron chi connectivity index (χ1n) is 7.79. The maximum absolute atomic E-state index is 12.2. The number of benzene rings is 2. The highest BCUT2D eigenvalue weighted by molar-refractivity contribution is 6.32. The number of hydrogen-bond donors (Lipinski definition) is 1. The van der Waals surface area contributed by atoms with E-state index in [1.807, 2.05) is 0 Å². The molecule has 1 heterocycles. The normalized spacial score (nSPS) is 11.9. The van der Waals surface area contributed by atoms with Gasteiger partial charge in [0.1, 0.15) is 6.61 Å². The molecule has 0 saturated heterocycles. The van der Waals surface area contributed by atoms with Gasteiger partial charge in [0.2, 0.25) is 6.79 Å². The standard InChI is InChI=1S/C19H15ClN2O5/c1-3-6-25-18-14(20)7-12(8-17(18)24-2)10-21-22-19(23)13-4-5-15-16(9-13)27-11-26-15/h1,4-5,7-10H,6,11H2,2H3,(H,22,23)/b21-10-. The molecule has 27 heavy (non-hydrogen) atoms. The van der Waals surface area contributed by atoms with E-state index in [0.29, 0.717) is 39.1 Å². The van der Waals surface area contributed by atoms with Crippen molar-refractivity contribution in [3.63, 3.8) is 0 Å². The van der Waals surface area contributed by atoms with Gasteiger partial charge in [-0.15, -0.1) is 6.42 Å². The molecule has 7 nitrogen and oxygen atoms in total. The van der Waals surface area contributed by atoms with E-state index in [4.69, 9.17) is 37.0 Å². The minimum absolute atomic E-state index is 0.0646. The van der Waals surface area contributed by atoms with E-state index >= 15 is 0 Å². The van der Waals surface area contributed by atoms with E-state index in [1.165, 1.54) is 13.3 Å². The lowest BCUT2D eigenvalue weighted by Gasteiger charge is -2.11. The molecule has 0 spiro atoms. The Morgan fingerprint density at radius 3 is 2.96 bits per heavy atom. The zero-order valence-electron chi connectivity index (χ0n) is 14.3. The molecule has 2 aromatic carbocycles. The minimum atomic E-state index is -0.392. The van der Waals surface area contributed by atoms with Crippen LogP contribution in [0, 0.1) is 12.3 Å². The third kappa shape index (κ3) is 4.25. The SMILES string of the molecule is C#CCOc1c(Cl)cc(/C=N\NC(=O)c2ccc3c(c2)OCO3)cc1OC. The van der Waals surface area contributed by atoms with Gasteiger partial charge in [-0.25, -0.2) is 5.43 Å². The van der Waals surface area contributed by atoms with Crippen LogP contribution in [-0.4, -0.2) is 32.6 Å². The average Bonchev–Trinajstić information content (AvgIpc) is 3.14. The van der Waals surface area contributed by atoms with Gasteiger partial charge in [0.25, 0.3) is 5.91 Å². The summed E-state index contributed by atoms with van der Waals surface area (Å²) < 4.78 is 21.1. The number of rotatable bonds is 6. The molecule has 1 N–H and O–H groups in total. The number of fused-ring (bicyclic) bond motifs is 1. The predicted molar refractivity (Wildman–Crippen MR) is 100.0 cm³/mol. The molecule has 1 amide bonds. The monoisotopic (exact) mass is 386 g/mol. The zero-order valence-corrected chi connectivity index (χ0v) is 15.1. The van der Waals surface area contributed by atoms with Gasteiger partial charge in [0.15, 0.2) is 23.0 Å². The lowest BCUT2D eigenvalue weighted by atomic mass is 10.2. The van der Waals surface area contributed by atoms with Crippen LogP contribution in [0.3, 0.4) is 0 Å². The molecule has 0 radical (unpaired) electrons. The Bertz CT molecular complexity index is 936. The second-order valence-corrected chi connectivity index (χ2v) is 5.70. The Hall–Kier alpha value is -3.37. The van der Waals surface area contributed by atoms with E-state index in [-0.39, 0.29) is 13.4 Å². The minimum Gasteiger partial charge on any atom is -0.493 e. The smallest absolute Gasteiger partial charge is 0.271 e. The Labute approximate surface area is 160 Å². The first-order valence-corrected chi connectivity index (χ1v) is 8.17. The lowest BCUT2D eigenvalue weighted by Crippen LogP contribution is -2.17. The van der Waals surface area contributed by atoms with Crippen molar-refractivity contribution in [3.05, 3.63) is 46.5 Å². The molecule has 0 unspecified atom stereocenters. The molecule has 0 fully saturated rings. The van der Waals surface area contributed by atoms with Gasteiger partial charge in [-0.1, -0.05) is 17.5 Å². The number of nitrogens with zero attached hydrogens (tertiary/aromatic N) is 1. The number of nitrogens with one attached hydrogen (secondary N) is 1. The van der Waals surface area contributed by atoms with Gasteiger partial charge in [0.05, 0.1) is 18.3 Å². The zero-order chi connectivity index (χ0) is 19.2. The quantitative estimate of drug-likeness (QED) is 0.469. The summed E-state index contributed by atoms with van der Waals surface area (Å²) in [6, 6.07) is 8.15. The van der Waals surface area contributed by atoms with Crippen molar-refractivity contribution in [2.45, 2.75) is 0 Å². The van der Waals surface area contributed by atoms with Crippen molar-refractivity contribution in [3.8, 4) is 35.3 Å². The fourth-order valence-corrected chi connectivity index (χ4v) is 2.61. The molecule has 1 aliphatic heterocycles. The van der Waals surface area contributed by atoms with Crippen LogP contribution in [-0.2, 0) is 0 Å². The van der Waals surface area contributed by atoms with Crippen molar-refractivity contribution in [2.24, 2.45) is 5.10 Å². The number of carbonyl (C=O) groups is 1. The Kier molecular flexibility index (Phi) is 5.69. The first-order chi connectivity index (χ1) is 13.1. The van der Waals surface area contributed by atoms with Crippen molar-refractivity contribution in [1.29, 1.82) is 0 Å². The van der Waals surface area contributed by atoms with Crippen LogP contribution in [0.25, 0.3) is 0 Å².